The van der Waals surface area contributed by atoms with E-state index in [1.165, 1.54) is 12.1 Å². The Morgan fingerprint density at radius 2 is 1.81 bits per heavy atom. The number of rotatable bonds is 8. The van der Waals surface area contributed by atoms with Gasteiger partial charge in [-0.3, -0.25) is 4.79 Å². The zero-order chi connectivity index (χ0) is 19.9. The zero-order valence-corrected chi connectivity index (χ0v) is 15.9. The molecule has 0 aliphatic carbocycles. The van der Waals surface area contributed by atoms with Gasteiger partial charge in [0.15, 0.2) is 16.4 Å². The predicted octanol–water partition coefficient (Wildman–Crippen LogP) is 1.71. The fourth-order valence-corrected chi connectivity index (χ4v) is 3.18. The van der Waals surface area contributed by atoms with Gasteiger partial charge in [-0.25, -0.2) is 13.2 Å². The van der Waals surface area contributed by atoms with E-state index in [4.69, 9.17) is 9.47 Å². The van der Waals surface area contributed by atoms with Crippen molar-refractivity contribution in [2.24, 2.45) is 0 Å². The highest BCUT2D eigenvalue weighted by Crippen LogP contribution is 2.16. The van der Waals surface area contributed by atoms with Gasteiger partial charge in [0, 0.05) is 18.4 Å². The number of esters is 1. The molecule has 2 rings (SSSR count). The van der Waals surface area contributed by atoms with Crippen LogP contribution >= 0.6 is 0 Å². The van der Waals surface area contributed by atoms with E-state index in [1.807, 2.05) is 18.2 Å². The molecule has 0 aromatic heterocycles. The van der Waals surface area contributed by atoms with Crippen LogP contribution in [0.4, 0.5) is 0 Å². The smallest absolute Gasteiger partial charge is 0.338 e. The molecule has 2 aromatic rings. The molecule has 0 heterocycles. The van der Waals surface area contributed by atoms with E-state index in [0.717, 1.165) is 11.8 Å². The van der Waals surface area contributed by atoms with Crippen molar-refractivity contribution >= 4 is 21.7 Å². The number of benzene rings is 2. The largest absolute Gasteiger partial charge is 0.496 e. The number of para-hydroxylation sites is 1. The lowest BCUT2D eigenvalue weighted by atomic mass is 10.1. The van der Waals surface area contributed by atoms with Crippen LogP contribution in [0.2, 0.25) is 0 Å². The van der Waals surface area contributed by atoms with Crippen LogP contribution in [0.3, 0.4) is 0 Å². The number of hydrogen-bond donors (Lipinski definition) is 1. The third-order valence-corrected chi connectivity index (χ3v) is 4.45. The second-order valence-electron chi connectivity index (χ2n) is 5.94. The molecule has 0 radical (unpaired) electrons. The van der Waals surface area contributed by atoms with E-state index in [0.29, 0.717) is 11.3 Å². The molecule has 0 aliphatic rings. The molecule has 144 valence electrons. The lowest BCUT2D eigenvalue weighted by Gasteiger charge is -2.10. The number of nitrogens with one attached hydrogen (secondary N) is 1. The summed E-state index contributed by atoms with van der Waals surface area (Å²) in [6.45, 7) is -0.200. The molecule has 8 heteroatoms. The highest BCUT2D eigenvalue weighted by molar-refractivity contribution is 7.89. The third-order valence-electron chi connectivity index (χ3n) is 3.59. The number of carbonyl (C=O) groups excluding carboxylic acids is 2. The summed E-state index contributed by atoms with van der Waals surface area (Å²) < 4.78 is 32.9. The minimum atomic E-state index is -3.21. The summed E-state index contributed by atoms with van der Waals surface area (Å²) in [4.78, 5) is 24.0. The predicted molar refractivity (Wildman–Crippen MR) is 100 cm³/mol. The minimum absolute atomic E-state index is 0.173. The molecule has 27 heavy (non-hydrogen) atoms. The van der Waals surface area contributed by atoms with Gasteiger partial charge in [0.1, 0.15) is 5.75 Å². The van der Waals surface area contributed by atoms with Crippen LogP contribution in [0.5, 0.6) is 5.75 Å². The summed E-state index contributed by atoms with van der Waals surface area (Å²) in [6, 6.07) is 13.4. The van der Waals surface area contributed by atoms with E-state index in [1.54, 1.807) is 25.3 Å². The third kappa shape index (κ3) is 6.74. The topological polar surface area (TPSA) is 98.8 Å². The van der Waals surface area contributed by atoms with Crippen molar-refractivity contribution in [2.75, 3.05) is 20.0 Å². The molecule has 1 N–H and O–H groups in total. The molecule has 1 amide bonds. The molecule has 7 nitrogen and oxygen atoms in total. The van der Waals surface area contributed by atoms with Crippen molar-refractivity contribution in [3.05, 3.63) is 65.2 Å². The van der Waals surface area contributed by atoms with Crippen LogP contribution in [0, 0.1) is 0 Å². The maximum Gasteiger partial charge on any atom is 0.338 e. The quantitative estimate of drug-likeness (QED) is 0.688. The molecule has 0 saturated carbocycles. The first-order valence-corrected chi connectivity index (χ1v) is 10.2. The summed E-state index contributed by atoms with van der Waals surface area (Å²) in [5.74, 6) is -0.676. The van der Waals surface area contributed by atoms with Crippen molar-refractivity contribution in [3.63, 3.8) is 0 Å². The normalized spacial score (nSPS) is 10.9. The number of methoxy groups -OCH3 is 1. The Morgan fingerprint density at radius 1 is 1.07 bits per heavy atom. The van der Waals surface area contributed by atoms with Crippen molar-refractivity contribution in [3.8, 4) is 5.75 Å². The maximum absolute atomic E-state index is 12.1. The van der Waals surface area contributed by atoms with Crippen molar-refractivity contribution in [1.82, 2.24) is 5.32 Å². The monoisotopic (exact) mass is 391 g/mol. The average Bonchev–Trinajstić information content (AvgIpc) is 2.63. The van der Waals surface area contributed by atoms with E-state index in [-0.39, 0.29) is 17.9 Å². The van der Waals surface area contributed by atoms with Gasteiger partial charge in [-0.1, -0.05) is 30.3 Å². The number of carbonyl (C=O) groups is 2. The molecular formula is C19H21NO6S. The summed E-state index contributed by atoms with van der Waals surface area (Å²) in [6.07, 6.45) is 1.12. The minimum Gasteiger partial charge on any atom is -0.496 e. The molecule has 0 aliphatic heterocycles. The molecular weight excluding hydrogens is 370 g/mol. The molecule has 0 saturated heterocycles. The Morgan fingerprint density at radius 3 is 2.52 bits per heavy atom. The van der Waals surface area contributed by atoms with Gasteiger partial charge < -0.3 is 14.8 Å². The van der Waals surface area contributed by atoms with Gasteiger partial charge in [0.2, 0.25) is 0 Å². The molecule has 0 unspecified atom stereocenters. The van der Waals surface area contributed by atoms with E-state index >= 15 is 0 Å². The van der Waals surface area contributed by atoms with Gasteiger partial charge in [-0.05, 0) is 23.8 Å². The zero-order valence-electron chi connectivity index (χ0n) is 15.1. The molecule has 2 aromatic carbocycles. The lowest BCUT2D eigenvalue weighted by Crippen LogP contribution is -2.28. The molecule has 0 bridgehead atoms. The average molecular weight is 391 g/mol. The van der Waals surface area contributed by atoms with Gasteiger partial charge in [-0.15, -0.1) is 0 Å². The standard InChI is InChI=1S/C19H21NO6S/c1-25-17-9-4-3-7-16(17)11-20-18(21)12-26-19(22)15-8-5-6-14(10-15)13-27(2,23)24/h3-10H,11-13H2,1-2H3,(H,20,21). The summed E-state index contributed by atoms with van der Waals surface area (Å²) >= 11 is 0. The second-order valence-corrected chi connectivity index (χ2v) is 8.08. The fourth-order valence-electron chi connectivity index (χ4n) is 2.40. The van der Waals surface area contributed by atoms with Crippen LogP contribution in [0.25, 0.3) is 0 Å². The second kappa shape index (κ2) is 9.18. The Labute approximate surface area is 158 Å². The lowest BCUT2D eigenvalue weighted by molar-refractivity contribution is -0.124. The van der Waals surface area contributed by atoms with Crippen LogP contribution < -0.4 is 10.1 Å². The number of sulfone groups is 1. The van der Waals surface area contributed by atoms with E-state index < -0.39 is 28.3 Å². The van der Waals surface area contributed by atoms with Crippen molar-refractivity contribution in [2.45, 2.75) is 12.3 Å². The SMILES string of the molecule is COc1ccccc1CNC(=O)COC(=O)c1cccc(CS(C)(=O)=O)c1. The van der Waals surface area contributed by atoms with Gasteiger partial charge >= 0.3 is 5.97 Å². The van der Waals surface area contributed by atoms with Gasteiger partial charge in [0.05, 0.1) is 18.4 Å². The first kappa shape index (κ1) is 20.4. The summed E-state index contributed by atoms with van der Waals surface area (Å²) in [5.41, 5.74) is 1.47. The van der Waals surface area contributed by atoms with Gasteiger partial charge in [-0.2, -0.15) is 0 Å². The van der Waals surface area contributed by atoms with Crippen molar-refractivity contribution < 1.29 is 27.5 Å². The fraction of sp³-hybridized carbons (Fsp3) is 0.263. The first-order chi connectivity index (χ1) is 12.8. The Hall–Kier alpha value is -2.87. The summed E-state index contributed by atoms with van der Waals surface area (Å²) in [7, 11) is -1.67. The Bertz CT molecular complexity index is 923. The number of amides is 1. The maximum atomic E-state index is 12.1. The van der Waals surface area contributed by atoms with Crippen molar-refractivity contribution in [1.29, 1.82) is 0 Å². The molecule has 0 fully saturated rings. The van der Waals surface area contributed by atoms with Crippen LogP contribution in [-0.4, -0.2) is 40.3 Å². The highest BCUT2D eigenvalue weighted by atomic mass is 32.2. The van der Waals surface area contributed by atoms with Crippen LogP contribution in [-0.2, 0) is 31.7 Å². The highest BCUT2D eigenvalue weighted by Gasteiger charge is 2.13. The van der Waals surface area contributed by atoms with E-state index in [2.05, 4.69) is 5.32 Å². The molecule has 0 atom stereocenters. The van der Waals surface area contributed by atoms with Crippen LogP contribution in [0.15, 0.2) is 48.5 Å². The number of ether oxygens (including phenoxy) is 2. The molecule has 0 spiro atoms. The van der Waals surface area contributed by atoms with Crippen LogP contribution in [0.1, 0.15) is 21.5 Å². The number of hydrogen-bond acceptors (Lipinski definition) is 6. The Kier molecular flexibility index (Phi) is 6.95. The Balaban J connectivity index is 1.88. The van der Waals surface area contributed by atoms with E-state index in [9.17, 15) is 18.0 Å². The summed E-state index contributed by atoms with van der Waals surface area (Å²) in [5, 5.41) is 2.65. The van der Waals surface area contributed by atoms with Gasteiger partial charge in [0.25, 0.3) is 5.91 Å². The first-order valence-electron chi connectivity index (χ1n) is 8.11.